The molecular weight excluding hydrogens is 604 g/mol. The van der Waals surface area contributed by atoms with Crippen LogP contribution in [0, 0.1) is 5.82 Å². The van der Waals surface area contributed by atoms with Crippen molar-refractivity contribution in [3.05, 3.63) is 81.1 Å². The quantitative estimate of drug-likeness (QED) is 0.210. The largest absolute Gasteiger partial charge is 0.493 e. The number of amides is 2. The summed E-state index contributed by atoms with van der Waals surface area (Å²) < 4.78 is 35.3. The van der Waals surface area contributed by atoms with E-state index < -0.39 is 24.0 Å². The number of carbonyl (C=O) groups is 2. The Hall–Kier alpha value is -3.48. The average molecular weight is 633 g/mol. The van der Waals surface area contributed by atoms with Crippen molar-refractivity contribution in [1.29, 1.82) is 0 Å². The van der Waals surface area contributed by atoms with Crippen LogP contribution in [0.5, 0.6) is 23.0 Å². The average Bonchev–Trinajstić information content (AvgIpc) is 2.92. The Bertz CT molecular complexity index is 1360. The molecular formula is C27H29Cl3FN3O7. The van der Waals surface area contributed by atoms with Gasteiger partial charge >= 0.3 is 0 Å². The van der Waals surface area contributed by atoms with E-state index in [1.54, 1.807) is 24.3 Å². The second-order valence-electron chi connectivity index (χ2n) is 8.49. The lowest BCUT2D eigenvalue weighted by Crippen LogP contribution is -2.52. The Morgan fingerprint density at radius 2 is 1.27 bits per heavy atom. The first-order valence-corrected chi connectivity index (χ1v) is 12.5. The molecule has 0 radical (unpaired) electrons. The van der Waals surface area contributed by atoms with Gasteiger partial charge in [0.1, 0.15) is 5.82 Å². The van der Waals surface area contributed by atoms with E-state index in [-0.39, 0.29) is 57.9 Å². The van der Waals surface area contributed by atoms with Crippen LogP contribution in [-0.4, -0.2) is 43.3 Å². The highest BCUT2D eigenvalue weighted by Crippen LogP contribution is 2.40. The van der Waals surface area contributed by atoms with Gasteiger partial charge in [0.05, 0.1) is 30.9 Å². The van der Waals surface area contributed by atoms with Crippen molar-refractivity contribution in [2.45, 2.75) is 31.9 Å². The number of ether oxygens (including phenoxy) is 4. The van der Waals surface area contributed by atoms with Crippen molar-refractivity contribution in [3.8, 4) is 23.0 Å². The van der Waals surface area contributed by atoms with E-state index in [0.717, 1.165) is 5.56 Å². The second-order valence-corrected chi connectivity index (χ2v) is 9.30. The number of benzene rings is 3. The third kappa shape index (κ3) is 8.75. The third-order valence-corrected chi connectivity index (χ3v) is 6.22. The summed E-state index contributed by atoms with van der Waals surface area (Å²) >= 11 is 12.8. The standard InChI is InChI=1S/C27H28Cl2FN3O7.ClH/c1-37-20-9-15(12-33-11-14-3-5-17(30)6-4-14)7-18(28)22(20)39-24(26(31)35)25(27(32)36)40-23-19(29)8-16(13-34)10-21(23)38-2;/h3-10,24-25,33-34H,11-13H2,1-2H3,(H2,31,35)(H2,32,36);1H. The van der Waals surface area contributed by atoms with Gasteiger partial charge in [0.2, 0.25) is 12.2 Å². The fraction of sp³-hybridized carbons (Fsp3) is 0.259. The molecule has 3 aromatic carbocycles. The lowest BCUT2D eigenvalue weighted by Gasteiger charge is -2.26. The van der Waals surface area contributed by atoms with Crippen LogP contribution in [-0.2, 0) is 29.3 Å². The first kappa shape index (κ1) is 33.7. The van der Waals surface area contributed by atoms with Gasteiger partial charge in [-0.2, -0.15) is 0 Å². The fourth-order valence-corrected chi connectivity index (χ4v) is 4.27. The number of hydrogen-bond acceptors (Lipinski definition) is 8. The number of nitrogens with one attached hydrogen (secondary N) is 1. The first-order valence-electron chi connectivity index (χ1n) is 11.8. The Kier molecular flexibility index (Phi) is 12.8. The zero-order chi connectivity index (χ0) is 29.4. The van der Waals surface area contributed by atoms with Crippen molar-refractivity contribution in [3.63, 3.8) is 0 Å². The number of rotatable bonds is 14. The lowest BCUT2D eigenvalue weighted by molar-refractivity contribution is -0.138. The van der Waals surface area contributed by atoms with Gasteiger partial charge in [-0.05, 0) is 53.1 Å². The molecule has 2 atom stereocenters. The number of halogens is 4. The fourth-order valence-electron chi connectivity index (χ4n) is 3.71. The van der Waals surface area contributed by atoms with Gasteiger partial charge < -0.3 is 40.8 Å². The summed E-state index contributed by atoms with van der Waals surface area (Å²) in [6.07, 6.45) is -3.52. The zero-order valence-corrected chi connectivity index (χ0v) is 24.3. The van der Waals surface area contributed by atoms with E-state index in [2.05, 4.69) is 5.32 Å². The van der Waals surface area contributed by atoms with Crippen LogP contribution in [0.4, 0.5) is 4.39 Å². The van der Waals surface area contributed by atoms with Crippen molar-refractivity contribution in [1.82, 2.24) is 5.32 Å². The van der Waals surface area contributed by atoms with Gasteiger partial charge in [-0.1, -0.05) is 35.3 Å². The summed E-state index contributed by atoms with van der Waals surface area (Å²) in [6, 6.07) is 12.1. The second kappa shape index (κ2) is 15.5. The smallest absolute Gasteiger partial charge is 0.263 e. The molecule has 41 heavy (non-hydrogen) atoms. The summed E-state index contributed by atoms with van der Waals surface area (Å²) in [5, 5.41) is 12.7. The SMILES string of the molecule is COc1cc(CO)cc(Cl)c1OC(C(N)=O)C(Oc1c(Cl)cc(CNCc2ccc(F)cc2)cc1OC)C(N)=O.Cl. The molecule has 222 valence electrons. The highest BCUT2D eigenvalue weighted by Gasteiger charge is 2.38. The summed E-state index contributed by atoms with van der Waals surface area (Å²) in [6.45, 7) is 0.492. The normalized spacial score (nSPS) is 12.0. The molecule has 0 saturated carbocycles. The molecule has 0 aromatic heterocycles. The minimum Gasteiger partial charge on any atom is -0.493 e. The number of carbonyl (C=O) groups excluding carboxylic acids is 2. The molecule has 0 aliphatic heterocycles. The highest BCUT2D eigenvalue weighted by molar-refractivity contribution is 6.32. The summed E-state index contributed by atoms with van der Waals surface area (Å²) in [4.78, 5) is 24.9. The summed E-state index contributed by atoms with van der Waals surface area (Å²) in [5.74, 6) is -2.50. The summed E-state index contributed by atoms with van der Waals surface area (Å²) in [7, 11) is 2.69. The van der Waals surface area contributed by atoms with E-state index >= 15 is 0 Å². The van der Waals surface area contributed by atoms with Crippen LogP contribution in [0.25, 0.3) is 0 Å². The molecule has 0 saturated heterocycles. The monoisotopic (exact) mass is 631 g/mol. The van der Waals surface area contributed by atoms with Crippen molar-refractivity contribution < 1.29 is 38.0 Å². The Labute approximate surface area is 252 Å². The maximum atomic E-state index is 13.1. The van der Waals surface area contributed by atoms with E-state index in [4.69, 9.17) is 53.6 Å². The number of primary amides is 2. The first-order chi connectivity index (χ1) is 19.1. The Morgan fingerprint density at radius 3 is 1.71 bits per heavy atom. The topological polar surface area (TPSA) is 155 Å². The van der Waals surface area contributed by atoms with Gasteiger partial charge in [0.15, 0.2) is 23.0 Å². The van der Waals surface area contributed by atoms with Gasteiger partial charge in [-0.3, -0.25) is 9.59 Å². The van der Waals surface area contributed by atoms with Crippen molar-refractivity contribution in [2.75, 3.05) is 14.2 Å². The molecule has 0 fully saturated rings. The van der Waals surface area contributed by atoms with E-state index in [9.17, 15) is 19.1 Å². The Balaban J connectivity index is 0.00000588. The third-order valence-electron chi connectivity index (χ3n) is 5.66. The molecule has 2 unspecified atom stereocenters. The van der Waals surface area contributed by atoms with E-state index in [1.807, 2.05) is 0 Å². The van der Waals surface area contributed by atoms with Gasteiger partial charge in [0, 0.05) is 13.1 Å². The molecule has 0 spiro atoms. The van der Waals surface area contributed by atoms with Crippen LogP contribution < -0.4 is 35.7 Å². The van der Waals surface area contributed by atoms with Crippen molar-refractivity contribution in [2.24, 2.45) is 11.5 Å². The molecule has 0 heterocycles. The minimum atomic E-state index is -1.76. The molecule has 6 N–H and O–H groups in total. The van der Waals surface area contributed by atoms with E-state index in [1.165, 1.54) is 38.5 Å². The zero-order valence-electron chi connectivity index (χ0n) is 22.0. The highest BCUT2D eigenvalue weighted by atomic mass is 35.5. The number of methoxy groups -OCH3 is 2. The molecule has 2 amide bonds. The van der Waals surface area contributed by atoms with Gasteiger partial charge in [-0.25, -0.2) is 4.39 Å². The van der Waals surface area contributed by atoms with Crippen LogP contribution in [0.3, 0.4) is 0 Å². The molecule has 14 heteroatoms. The Morgan fingerprint density at radius 1 is 0.829 bits per heavy atom. The summed E-state index contributed by atoms with van der Waals surface area (Å²) in [5.41, 5.74) is 13.1. The minimum absolute atomic E-state index is 0. The van der Waals surface area contributed by atoms with E-state index in [0.29, 0.717) is 24.2 Å². The van der Waals surface area contributed by atoms with Gasteiger partial charge in [-0.15, -0.1) is 12.4 Å². The maximum Gasteiger partial charge on any atom is 0.263 e. The van der Waals surface area contributed by atoms with Crippen molar-refractivity contribution >= 4 is 47.4 Å². The van der Waals surface area contributed by atoms with Crippen LogP contribution >= 0.6 is 35.6 Å². The number of aliphatic hydroxyl groups excluding tert-OH is 1. The predicted octanol–water partition coefficient (Wildman–Crippen LogP) is 3.52. The lowest BCUT2D eigenvalue weighted by atomic mass is 10.1. The van der Waals surface area contributed by atoms with Crippen LogP contribution in [0.1, 0.15) is 16.7 Å². The maximum absolute atomic E-state index is 13.1. The molecule has 10 nitrogen and oxygen atoms in total. The molecule has 0 aliphatic carbocycles. The molecule has 3 aromatic rings. The van der Waals surface area contributed by atoms with Crippen LogP contribution in [0.2, 0.25) is 10.0 Å². The molecule has 0 bridgehead atoms. The molecule has 3 rings (SSSR count). The predicted molar refractivity (Wildman–Crippen MR) is 153 cm³/mol. The number of nitrogens with two attached hydrogens (primary N) is 2. The number of hydrogen-bond donors (Lipinski definition) is 4. The number of aliphatic hydroxyl groups is 1. The van der Waals surface area contributed by atoms with Crippen LogP contribution in [0.15, 0.2) is 48.5 Å². The van der Waals surface area contributed by atoms with Gasteiger partial charge in [0.25, 0.3) is 11.8 Å². The molecule has 0 aliphatic rings.